The molecule has 0 saturated heterocycles. The molecule has 0 spiro atoms. The number of hydrogen-bond donors (Lipinski definition) is 2. The van der Waals surface area contributed by atoms with Gasteiger partial charge in [0.25, 0.3) is 0 Å². The van der Waals surface area contributed by atoms with E-state index in [1.54, 1.807) is 13.2 Å². The Morgan fingerprint density at radius 1 is 1.54 bits per heavy atom. The molecule has 3 N–H and O–H groups in total. The third-order valence-electron chi connectivity index (χ3n) is 1.87. The van der Waals surface area contributed by atoms with Gasteiger partial charge in [0.2, 0.25) is 5.95 Å². The predicted octanol–water partition coefficient (Wildman–Crippen LogP) is 0.0958. The van der Waals surface area contributed by atoms with Crippen LogP contribution in [-0.2, 0) is 7.05 Å². The Morgan fingerprint density at radius 3 is 2.77 bits per heavy atom. The van der Waals surface area contributed by atoms with Crippen molar-refractivity contribution < 1.29 is 0 Å². The zero-order valence-electron chi connectivity index (χ0n) is 7.44. The molecule has 2 rings (SSSR count). The van der Waals surface area contributed by atoms with Gasteiger partial charge in [-0.15, -0.1) is 5.10 Å². The van der Waals surface area contributed by atoms with Crippen LogP contribution in [0.5, 0.6) is 0 Å². The summed E-state index contributed by atoms with van der Waals surface area (Å²) >= 11 is 0. The van der Waals surface area contributed by atoms with Crippen molar-refractivity contribution in [3.05, 3.63) is 11.9 Å². The number of anilines is 1. The van der Waals surface area contributed by atoms with Gasteiger partial charge in [-0.3, -0.25) is 5.10 Å². The maximum absolute atomic E-state index is 5.56. The second kappa shape index (κ2) is 2.58. The van der Waals surface area contributed by atoms with E-state index >= 15 is 0 Å². The van der Waals surface area contributed by atoms with Crippen molar-refractivity contribution in [3.8, 4) is 11.4 Å². The highest BCUT2D eigenvalue weighted by molar-refractivity contribution is 5.57. The Morgan fingerprint density at radius 2 is 2.31 bits per heavy atom. The number of rotatable bonds is 1. The molecule has 0 amide bonds. The van der Waals surface area contributed by atoms with Crippen molar-refractivity contribution >= 4 is 5.95 Å². The van der Waals surface area contributed by atoms with Crippen molar-refractivity contribution in [1.29, 1.82) is 0 Å². The van der Waals surface area contributed by atoms with Gasteiger partial charge in [0.05, 0.1) is 11.8 Å². The summed E-state index contributed by atoms with van der Waals surface area (Å²) in [5, 5.41) is 10.8. The van der Waals surface area contributed by atoms with Crippen LogP contribution in [-0.4, -0.2) is 25.0 Å². The van der Waals surface area contributed by atoms with Gasteiger partial charge in [0.15, 0.2) is 5.82 Å². The molecule has 0 unspecified atom stereocenters. The highest BCUT2D eigenvalue weighted by Gasteiger charge is 2.10. The van der Waals surface area contributed by atoms with Gasteiger partial charge in [-0.2, -0.15) is 10.1 Å². The molecule has 2 aromatic heterocycles. The molecule has 0 aliphatic heterocycles. The number of nitrogens with two attached hydrogens (primary N) is 1. The number of nitrogens with zero attached hydrogens (tertiary/aromatic N) is 4. The number of nitrogens with one attached hydrogen (secondary N) is 1. The molecule has 0 bridgehead atoms. The summed E-state index contributed by atoms with van der Waals surface area (Å²) in [6, 6.07) is 0. The lowest BCUT2D eigenvalue weighted by atomic mass is 10.2. The highest BCUT2D eigenvalue weighted by atomic mass is 15.4. The molecule has 2 aromatic rings. The first-order valence-electron chi connectivity index (χ1n) is 3.85. The first kappa shape index (κ1) is 7.78. The molecule has 0 fully saturated rings. The van der Waals surface area contributed by atoms with Crippen molar-refractivity contribution in [2.45, 2.75) is 6.92 Å². The maximum Gasteiger partial charge on any atom is 0.218 e. The number of aromatic nitrogens is 5. The van der Waals surface area contributed by atoms with Crippen LogP contribution in [0.4, 0.5) is 5.95 Å². The Bertz CT molecular complexity index is 406. The quantitative estimate of drug-likeness (QED) is 0.648. The van der Waals surface area contributed by atoms with Crippen LogP contribution >= 0.6 is 0 Å². The minimum atomic E-state index is 0.399. The molecule has 0 aliphatic rings. The van der Waals surface area contributed by atoms with E-state index in [1.807, 2.05) is 6.92 Å². The smallest absolute Gasteiger partial charge is 0.218 e. The van der Waals surface area contributed by atoms with Crippen LogP contribution in [0, 0.1) is 6.92 Å². The van der Waals surface area contributed by atoms with E-state index in [-0.39, 0.29) is 0 Å². The van der Waals surface area contributed by atoms with Crippen LogP contribution in [0.1, 0.15) is 5.69 Å². The van der Waals surface area contributed by atoms with Gasteiger partial charge >= 0.3 is 0 Å². The fourth-order valence-corrected chi connectivity index (χ4v) is 1.09. The maximum atomic E-state index is 5.56. The van der Waals surface area contributed by atoms with E-state index in [0.29, 0.717) is 11.8 Å². The van der Waals surface area contributed by atoms with Crippen molar-refractivity contribution in [3.63, 3.8) is 0 Å². The van der Waals surface area contributed by atoms with E-state index in [0.717, 1.165) is 11.3 Å². The fraction of sp³-hybridized carbons (Fsp3) is 0.286. The number of aromatic amines is 1. The Labute approximate surface area is 74.8 Å². The summed E-state index contributed by atoms with van der Waals surface area (Å²) < 4.78 is 1.53. The molecule has 6 heteroatoms. The standard InChI is InChI=1S/C7H10N6/c1-4-5(3-9-11-4)6-10-7(8)13(2)12-6/h3H,1-2H3,(H,9,11)(H2,8,10,12). The monoisotopic (exact) mass is 178 g/mol. The molecule has 6 nitrogen and oxygen atoms in total. The second-order valence-electron chi connectivity index (χ2n) is 2.83. The van der Waals surface area contributed by atoms with Crippen molar-refractivity contribution in [2.24, 2.45) is 7.05 Å². The second-order valence-corrected chi connectivity index (χ2v) is 2.83. The van der Waals surface area contributed by atoms with Crippen molar-refractivity contribution in [1.82, 2.24) is 25.0 Å². The molecule has 13 heavy (non-hydrogen) atoms. The van der Waals surface area contributed by atoms with Crippen LogP contribution in [0.25, 0.3) is 11.4 Å². The van der Waals surface area contributed by atoms with Crippen molar-refractivity contribution in [2.75, 3.05) is 5.73 Å². The Hall–Kier alpha value is -1.85. The normalized spacial score (nSPS) is 10.6. The summed E-state index contributed by atoms with van der Waals surface area (Å²) in [6.45, 7) is 1.91. The van der Waals surface area contributed by atoms with Crippen LogP contribution < -0.4 is 5.73 Å². The fourth-order valence-electron chi connectivity index (χ4n) is 1.09. The van der Waals surface area contributed by atoms with Gasteiger partial charge < -0.3 is 5.73 Å². The highest BCUT2D eigenvalue weighted by Crippen LogP contribution is 2.17. The third kappa shape index (κ3) is 1.16. The largest absolute Gasteiger partial charge is 0.368 e. The Kier molecular flexibility index (Phi) is 1.54. The summed E-state index contributed by atoms with van der Waals surface area (Å²) in [6.07, 6.45) is 1.68. The lowest BCUT2D eigenvalue weighted by molar-refractivity contribution is 0.780. The minimum absolute atomic E-state index is 0.399. The number of nitrogen functional groups attached to an aromatic ring is 1. The lowest BCUT2D eigenvalue weighted by Gasteiger charge is -1.88. The van der Waals surface area contributed by atoms with Gasteiger partial charge in [-0.05, 0) is 6.92 Å². The first-order chi connectivity index (χ1) is 6.18. The van der Waals surface area contributed by atoms with Crippen LogP contribution in [0.2, 0.25) is 0 Å². The molecule has 0 atom stereocenters. The molecule has 2 heterocycles. The average Bonchev–Trinajstić information content (AvgIpc) is 2.60. The minimum Gasteiger partial charge on any atom is -0.368 e. The number of H-pyrrole nitrogens is 1. The Balaban J connectivity index is 2.53. The van der Waals surface area contributed by atoms with E-state index in [9.17, 15) is 0 Å². The molecule has 0 saturated carbocycles. The molecule has 68 valence electrons. The van der Waals surface area contributed by atoms with Gasteiger partial charge in [-0.1, -0.05) is 0 Å². The topological polar surface area (TPSA) is 85.4 Å². The summed E-state index contributed by atoms with van der Waals surface area (Å²) in [5.74, 6) is 1.00. The van der Waals surface area contributed by atoms with Gasteiger partial charge in [-0.25, -0.2) is 4.68 Å². The summed E-state index contributed by atoms with van der Waals surface area (Å²) in [7, 11) is 1.75. The van der Waals surface area contributed by atoms with Crippen LogP contribution in [0.3, 0.4) is 0 Å². The van der Waals surface area contributed by atoms with Gasteiger partial charge in [0, 0.05) is 12.7 Å². The zero-order chi connectivity index (χ0) is 9.42. The van der Waals surface area contributed by atoms with Crippen LogP contribution in [0.15, 0.2) is 6.20 Å². The van der Waals surface area contributed by atoms with E-state index < -0.39 is 0 Å². The number of hydrogen-bond acceptors (Lipinski definition) is 4. The van der Waals surface area contributed by atoms with E-state index in [4.69, 9.17) is 5.73 Å². The predicted molar refractivity (Wildman–Crippen MR) is 47.7 cm³/mol. The number of aryl methyl sites for hydroxylation is 2. The van der Waals surface area contributed by atoms with E-state index in [2.05, 4.69) is 20.3 Å². The lowest BCUT2D eigenvalue weighted by Crippen LogP contribution is -1.97. The molecule has 0 radical (unpaired) electrons. The molecular formula is C7H10N6. The average molecular weight is 178 g/mol. The SMILES string of the molecule is Cc1[nH]ncc1-c1nc(N)n(C)n1. The molecular weight excluding hydrogens is 168 g/mol. The molecule has 0 aromatic carbocycles. The zero-order valence-corrected chi connectivity index (χ0v) is 7.44. The third-order valence-corrected chi connectivity index (χ3v) is 1.87. The first-order valence-corrected chi connectivity index (χ1v) is 3.85. The van der Waals surface area contributed by atoms with Gasteiger partial charge in [0.1, 0.15) is 0 Å². The molecule has 0 aliphatic carbocycles. The summed E-state index contributed by atoms with van der Waals surface area (Å²) in [4.78, 5) is 4.08. The summed E-state index contributed by atoms with van der Waals surface area (Å²) in [5.41, 5.74) is 7.37. The van der Waals surface area contributed by atoms with E-state index in [1.165, 1.54) is 4.68 Å².